The topological polar surface area (TPSA) is 73.7 Å². The number of likely N-dealkylation sites (tertiary alicyclic amines) is 1. The van der Waals surface area contributed by atoms with E-state index >= 15 is 0 Å². The molecule has 2 rings (SSSR count). The summed E-state index contributed by atoms with van der Waals surface area (Å²) >= 11 is 0. The van der Waals surface area contributed by atoms with Gasteiger partial charge >= 0.3 is 5.97 Å². The molecule has 2 heterocycles. The Hall–Kier alpha value is -1.46. The van der Waals surface area contributed by atoms with Crippen LogP contribution < -0.4 is 0 Å². The normalized spacial score (nSPS) is 20.4. The van der Waals surface area contributed by atoms with Crippen molar-refractivity contribution in [3.63, 3.8) is 0 Å². The van der Waals surface area contributed by atoms with Crippen molar-refractivity contribution >= 4 is 5.97 Å². The molecule has 1 atom stereocenters. The molecule has 0 saturated carbocycles. The number of aromatic nitrogens is 1. The highest BCUT2D eigenvalue weighted by atomic mass is 16.4. The molecule has 1 saturated heterocycles. The predicted octanol–water partition coefficient (Wildman–Crippen LogP) is 1.37. The lowest BCUT2D eigenvalue weighted by molar-refractivity contribution is 0.0696. The number of aliphatic hydroxyl groups excluding tert-OH is 1. The van der Waals surface area contributed by atoms with Crippen molar-refractivity contribution in [2.24, 2.45) is 5.92 Å². The van der Waals surface area contributed by atoms with Gasteiger partial charge in [-0.3, -0.25) is 9.88 Å². The maximum Gasteiger partial charge on any atom is 0.337 e. The first-order valence-corrected chi connectivity index (χ1v) is 6.70. The first-order valence-electron chi connectivity index (χ1n) is 6.70. The molecule has 1 aromatic rings. The zero-order chi connectivity index (χ0) is 13.7. The summed E-state index contributed by atoms with van der Waals surface area (Å²) in [6, 6.07) is 3.37. The second-order valence-corrected chi connectivity index (χ2v) is 5.10. The fraction of sp³-hybridized carbons (Fsp3) is 0.571. The van der Waals surface area contributed by atoms with Gasteiger partial charge in [0.1, 0.15) is 0 Å². The second kappa shape index (κ2) is 6.63. The van der Waals surface area contributed by atoms with Crippen molar-refractivity contribution in [1.29, 1.82) is 0 Å². The van der Waals surface area contributed by atoms with Gasteiger partial charge in [0.2, 0.25) is 0 Å². The number of aliphatic hydroxyl groups is 1. The molecular weight excluding hydrogens is 244 g/mol. The molecule has 1 aromatic heterocycles. The number of aromatic carboxylic acids is 1. The minimum atomic E-state index is -0.944. The highest BCUT2D eigenvalue weighted by Crippen LogP contribution is 2.20. The van der Waals surface area contributed by atoms with E-state index in [2.05, 4.69) is 9.88 Å². The van der Waals surface area contributed by atoms with Crippen LogP contribution in [0.5, 0.6) is 0 Å². The lowest BCUT2D eigenvalue weighted by atomic mass is 9.95. The summed E-state index contributed by atoms with van der Waals surface area (Å²) < 4.78 is 0. The minimum Gasteiger partial charge on any atom is -0.478 e. The van der Waals surface area contributed by atoms with Gasteiger partial charge in [-0.15, -0.1) is 0 Å². The fourth-order valence-electron chi connectivity index (χ4n) is 2.59. The van der Waals surface area contributed by atoms with Crippen molar-refractivity contribution in [3.8, 4) is 0 Å². The maximum atomic E-state index is 10.7. The van der Waals surface area contributed by atoms with Gasteiger partial charge in [0.05, 0.1) is 11.3 Å². The Kier molecular flexibility index (Phi) is 4.87. The summed E-state index contributed by atoms with van der Waals surface area (Å²) in [6.07, 6.45) is 4.61. The van der Waals surface area contributed by atoms with E-state index in [1.807, 2.05) is 0 Å². The Morgan fingerprint density at radius 3 is 2.95 bits per heavy atom. The highest BCUT2D eigenvalue weighted by molar-refractivity contribution is 5.87. The van der Waals surface area contributed by atoms with Crippen LogP contribution in [0.4, 0.5) is 0 Å². The average molecular weight is 264 g/mol. The monoisotopic (exact) mass is 264 g/mol. The molecule has 104 valence electrons. The van der Waals surface area contributed by atoms with E-state index in [4.69, 9.17) is 10.2 Å². The summed E-state index contributed by atoms with van der Waals surface area (Å²) in [5, 5.41) is 17.8. The largest absolute Gasteiger partial charge is 0.478 e. The number of nitrogens with zero attached hydrogens (tertiary/aromatic N) is 2. The molecule has 1 unspecified atom stereocenters. The lowest BCUT2D eigenvalue weighted by Crippen LogP contribution is -2.35. The average Bonchev–Trinajstić information content (AvgIpc) is 2.40. The number of piperidine rings is 1. The van der Waals surface area contributed by atoms with Gasteiger partial charge in [-0.2, -0.15) is 0 Å². The van der Waals surface area contributed by atoms with Crippen LogP contribution in [-0.4, -0.2) is 45.8 Å². The van der Waals surface area contributed by atoms with Crippen molar-refractivity contribution in [2.75, 3.05) is 19.7 Å². The summed E-state index contributed by atoms with van der Waals surface area (Å²) in [5.74, 6) is -0.378. The number of carboxylic acids is 1. The standard InChI is InChI=1S/C14H20N2O3/c17-7-5-11-2-1-6-16(9-11)10-13-4-3-12(8-15-13)14(18)19/h3-4,8,11,17H,1-2,5-7,9-10H2,(H,18,19). The first-order chi connectivity index (χ1) is 9.19. The molecule has 1 fully saturated rings. The molecule has 2 N–H and O–H groups in total. The third-order valence-corrected chi connectivity index (χ3v) is 3.60. The van der Waals surface area contributed by atoms with E-state index in [0.29, 0.717) is 5.92 Å². The Morgan fingerprint density at radius 1 is 1.47 bits per heavy atom. The summed E-state index contributed by atoms with van der Waals surface area (Å²) in [7, 11) is 0. The zero-order valence-corrected chi connectivity index (χ0v) is 11.0. The van der Waals surface area contributed by atoms with Gasteiger partial charge in [-0.1, -0.05) is 0 Å². The Morgan fingerprint density at radius 2 is 2.32 bits per heavy atom. The van der Waals surface area contributed by atoms with Crippen LogP contribution in [0.2, 0.25) is 0 Å². The molecule has 0 aromatic carbocycles. The summed E-state index contributed by atoms with van der Waals surface area (Å²) in [6.45, 7) is 3.04. The van der Waals surface area contributed by atoms with Crippen LogP contribution in [0.15, 0.2) is 18.3 Å². The molecule has 0 spiro atoms. The fourth-order valence-corrected chi connectivity index (χ4v) is 2.59. The molecule has 1 aliphatic heterocycles. The molecule has 19 heavy (non-hydrogen) atoms. The highest BCUT2D eigenvalue weighted by Gasteiger charge is 2.19. The molecule has 0 bridgehead atoms. The second-order valence-electron chi connectivity index (χ2n) is 5.10. The number of rotatable bonds is 5. The van der Waals surface area contributed by atoms with Crippen LogP contribution in [0, 0.1) is 5.92 Å². The van der Waals surface area contributed by atoms with E-state index in [9.17, 15) is 4.79 Å². The van der Waals surface area contributed by atoms with Crippen molar-refractivity contribution in [1.82, 2.24) is 9.88 Å². The van der Waals surface area contributed by atoms with Gasteiger partial charge < -0.3 is 10.2 Å². The van der Waals surface area contributed by atoms with Crippen LogP contribution in [-0.2, 0) is 6.54 Å². The van der Waals surface area contributed by atoms with E-state index in [0.717, 1.165) is 38.2 Å². The van der Waals surface area contributed by atoms with Crippen molar-refractivity contribution < 1.29 is 15.0 Å². The van der Waals surface area contributed by atoms with Crippen molar-refractivity contribution in [2.45, 2.75) is 25.8 Å². The van der Waals surface area contributed by atoms with E-state index in [1.54, 1.807) is 12.1 Å². The molecular formula is C14H20N2O3. The Bertz CT molecular complexity index is 417. The zero-order valence-electron chi connectivity index (χ0n) is 11.0. The first kappa shape index (κ1) is 14.0. The van der Waals surface area contributed by atoms with Gasteiger partial charge in [0.15, 0.2) is 0 Å². The Balaban J connectivity index is 1.91. The van der Waals surface area contributed by atoms with Gasteiger partial charge in [0.25, 0.3) is 0 Å². The minimum absolute atomic E-state index is 0.223. The SMILES string of the molecule is O=C(O)c1ccc(CN2CCCC(CCO)C2)nc1. The molecule has 5 heteroatoms. The maximum absolute atomic E-state index is 10.7. The summed E-state index contributed by atoms with van der Waals surface area (Å²) in [5.41, 5.74) is 1.12. The van der Waals surface area contributed by atoms with E-state index in [1.165, 1.54) is 12.6 Å². The van der Waals surface area contributed by atoms with Crippen LogP contribution in [0.3, 0.4) is 0 Å². The smallest absolute Gasteiger partial charge is 0.337 e. The van der Waals surface area contributed by atoms with Gasteiger partial charge in [-0.05, 0) is 43.9 Å². The number of pyridine rings is 1. The lowest BCUT2D eigenvalue weighted by Gasteiger charge is -2.32. The molecule has 0 radical (unpaired) electrons. The van der Waals surface area contributed by atoms with Gasteiger partial charge in [-0.25, -0.2) is 4.79 Å². The number of carbonyl (C=O) groups is 1. The van der Waals surface area contributed by atoms with E-state index < -0.39 is 5.97 Å². The van der Waals surface area contributed by atoms with Gasteiger partial charge in [0, 0.05) is 25.9 Å². The van der Waals surface area contributed by atoms with Crippen LogP contribution in [0.1, 0.15) is 35.3 Å². The van der Waals surface area contributed by atoms with Crippen LogP contribution in [0.25, 0.3) is 0 Å². The van der Waals surface area contributed by atoms with E-state index in [-0.39, 0.29) is 12.2 Å². The number of hydrogen-bond donors (Lipinski definition) is 2. The third kappa shape index (κ3) is 4.01. The molecule has 0 amide bonds. The Labute approximate surface area is 112 Å². The third-order valence-electron chi connectivity index (χ3n) is 3.60. The predicted molar refractivity (Wildman–Crippen MR) is 70.9 cm³/mol. The quantitative estimate of drug-likeness (QED) is 0.840. The number of hydrogen-bond acceptors (Lipinski definition) is 4. The van der Waals surface area contributed by atoms with Crippen molar-refractivity contribution in [3.05, 3.63) is 29.6 Å². The summed E-state index contributed by atoms with van der Waals surface area (Å²) in [4.78, 5) is 17.3. The molecule has 1 aliphatic rings. The molecule has 5 nitrogen and oxygen atoms in total. The van der Waals surface area contributed by atoms with Crippen LogP contribution >= 0.6 is 0 Å². The molecule has 0 aliphatic carbocycles. The number of carboxylic acid groups (broad SMARTS) is 1.